The predicted octanol–water partition coefficient (Wildman–Crippen LogP) is 3.26. The van der Waals surface area contributed by atoms with Crippen LogP contribution in [0.3, 0.4) is 0 Å². The molecule has 0 saturated carbocycles. The maximum absolute atomic E-state index is 11.5. The molecule has 6 nitrogen and oxygen atoms in total. The molecule has 2 N–H and O–H groups in total. The van der Waals surface area contributed by atoms with Crippen LogP contribution in [0.2, 0.25) is 0 Å². The van der Waals surface area contributed by atoms with Gasteiger partial charge in [0.15, 0.2) is 0 Å². The van der Waals surface area contributed by atoms with Gasteiger partial charge in [-0.25, -0.2) is 0 Å². The molecule has 0 aliphatic heterocycles. The number of carbonyl (C=O) groups excluding carboxylic acids is 3. The maximum Gasteiger partial charge on any atom is 0.322 e. The van der Waals surface area contributed by atoms with Gasteiger partial charge >= 0.3 is 17.9 Å². The van der Waals surface area contributed by atoms with Gasteiger partial charge < -0.3 is 15.2 Å². The molecule has 0 aliphatic carbocycles. The topological polar surface area (TPSA) is 95.7 Å². The molecule has 24 heavy (non-hydrogen) atoms. The van der Waals surface area contributed by atoms with Gasteiger partial charge in [0.05, 0.1) is 7.11 Å². The van der Waals surface area contributed by atoms with E-state index in [1.54, 1.807) is 0 Å². The summed E-state index contributed by atoms with van der Waals surface area (Å²) in [6.07, 6.45) is 10.7. The lowest BCUT2D eigenvalue weighted by Gasteiger charge is -2.08. The zero-order valence-electron chi connectivity index (χ0n) is 15.2. The molecule has 0 aromatic carbocycles. The van der Waals surface area contributed by atoms with Gasteiger partial charge in [0.25, 0.3) is 0 Å². The third kappa shape index (κ3) is 13.0. The van der Waals surface area contributed by atoms with Crippen molar-refractivity contribution in [2.24, 2.45) is 5.73 Å². The van der Waals surface area contributed by atoms with Crippen LogP contribution in [0.25, 0.3) is 0 Å². The van der Waals surface area contributed by atoms with E-state index >= 15 is 0 Å². The van der Waals surface area contributed by atoms with E-state index in [0.29, 0.717) is 0 Å². The van der Waals surface area contributed by atoms with E-state index in [4.69, 9.17) is 10.5 Å². The van der Waals surface area contributed by atoms with E-state index in [-0.39, 0.29) is 19.3 Å². The van der Waals surface area contributed by atoms with Crippen LogP contribution in [-0.4, -0.2) is 31.1 Å². The number of ether oxygens (including phenoxy) is 2. The highest BCUT2D eigenvalue weighted by atomic mass is 16.6. The SMILES string of the molecule is CCCCCCCCCCCC(=O)OC(=O)CC[C@H](N)C(=O)OC. The Labute approximate surface area is 145 Å². The summed E-state index contributed by atoms with van der Waals surface area (Å²) < 4.78 is 9.16. The lowest BCUT2D eigenvalue weighted by Crippen LogP contribution is -2.32. The normalized spacial score (nSPS) is 11.8. The quantitative estimate of drug-likeness (QED) is 0.295. The molecule has 0 aromatic heterocycles. The van der Waals surface area contributed by atoms with E-state index in [1.165, 1.54) is 45.6 Å². The Kier molecular flexibility index (Phi) is 14.2. The third-order valence-electron chi connectivity index (χ3n) is 3.88. The average molecular weight is 343 g/mol. The van der Waals surface area contributed by atoms with Crippen molar-refractivity contribution in [3.8, 4) is 0 Å². The largest absolute Gasteiger partial charge is 0.468 e. The fourth-order valence-electron chi connectivity index (χ4n) is 2.35. The van der Waals surface area contributed by atoms with Crippen molar-refractivity contribution >= 4 is 17.9 Å². The standard InChI is InChI=1S/C18H33NO5/c1-3-4-5-6-7-8-9-10-11-12-16(20)24-17(21)14-13-15(19)18(22)23-2/h15H,3-14,19H2,1-2H3/t15-/m0/s1. The number of esters is 3. The van der Waals surface area contributed by atoms with Gasteiger partial charge in [-0.3, -0.25) is 14.4 Å². The number of hydrogen-bond donors (Lipinski definition) is 1. The zero-order chi connectivity index (χ0) is 18.2. The first-order valence-electron chi connectivity index (χ1n) is 9.08. The highest BCUT2D eigenvalue weighted by molar-refractivity contribution is 5.85. The molecule has 0 spiro atoms. The second kappa shape index (κ2) is 15.1. The highest BCUT2D eigenvalue weighted by Gasteiger charge is 2.17. The molecule has 0 unspecified atom stereocenters. The minimum Gasteiger partial charge on any atom is -0.468 e. The van der Waals surface area contributed by atoms with Crippen LogP contribution in [0.4, 0.5) is 0 Å². The lowest BCUT2D eigenvalue weighted by atomic mass is 10.1. The Morgan fingerprint density at radius 3 is 1.88 bits per heavy atom. The molecule has 0 aromatic rings. The van der Waals surface area contributed by atoms with Crippen molar-refractivity contribution in [2.75, 3.05) is 7.11 Å². The van der Waals surface area contributed by atoms with Gasteiger partial charge in [0.1, 0.15) is 6.04 Å². The van der Waals surface area contributed by atoms with Crippen LogP contribution in [0.15, 0.2) is 0 Å². The van der Waals surface area contributed by atoms with Crippen LogP contribution < -0.4 is 5.73 Å². The van der Waals surface area contributed by atoms with Crippen LogP contribution in [0.5, 0.6) is 0 Å². The Hall–Kier alpha value is -1.43. The molecule has 0 bridgehead atoms. The Bertz CT molecular complexity index is 370. The smallest absolute Gasteiger partial charge is 0.322 e. The first-order valence-corrected chi connectivity index (χ1v) is 9.08. The minimum atomic E-state index is -0.866. The first kappa shape index (κ1) is 22.6. The van der Waals surface area contributed by atoms with Gasteiger partial charge in [-0.1, -0.05) is 58.3 Å². The number of hydrogen-bond acceptors (Lipinski definition) is 6. The summed E-state index contributed by atoms with van der Waals surface area (Å²) in [7, 11) is 1.23. The molecule has 0 saturated heterocycles. The van der Waals surface area contributed by atoms with Crippen molar-refractivity contribution in [1.29, 1.82) is 0 Å². The Balaban J connectivity index is 3.54. The van der Waals surface area contributed by atoms with E-state index in [1.807, 2.05) is 0 Å². The molecular weight excluding hydrogens is 310 g/mol. The zero-order valence-corrected chi connectivity index (χ0v) is 15.2. The molecule has 0 rings (SSSR count). The first-order chi connectivity index (χ1) is 11.5. The van der Waals surface area contributed by atoms with E-state index in [9.17, 15) is 14.4 Å². The molecule has 6 heteroatoms. The van der Waals surface area contributed by atoms with Crippen molar-refractivity contribution in [3.05, 3.63) is 0 Å². The second-order valence-corrected chi connectivity index (χ2v) is 6.09. The second-order valence-electron chi connectivity index (χ2n) is 6.09. The third-order valence-corrected chi connectivity index (χ3v) is 3.88. The maximum atomic E-state index is 11.5. The summed E-state index contributed by atoms with van der Waals surface area (Å²) in [5, 5.41) is 0. The van der Waals surface area contributed by atoms with E-state index < -0.39 is 23.9 Å². The Morgan fingerprint density at radius 1 is 0.833 bits per heavy atom. The summed E-state index contributed by atoms with van der Waals surface area (Å²) in [4.78, 5) is 34.1. The predicted molar refractivity (Wildman–Crippen MR) is 92.2 cm³/mol. The number of carbonyl (C=O) groups is 3. The summed E-state index contributed by atoms with van der Waals surface area (Å²) in [6.45, 7) is 2.21. The molecule has 1 atom stereocenters. The van der Waals surface area contributed by atoms with E-state index in [2.05, 4.69) is 11.7 Å². The molecule has 0 aliphatic rings. The molecule has 0 heterocycles. The van der Waals surface area contributed by atoms with Crippen molar-refractivity contribution in [1.82, 2.24) is 0 Å². The molecule has 140 valence electrons. The average Bonchev–Trinajstić information content (AvgIpc) is 2.57. The number of unbranched alkanes of at least 4 members (excludes halogenated alkanes) is 8. The number of rotatable bonds is 14. The lowest BCUT2D eigenvalue weighted by molar-refractivity contribution is -0.159. The molecule has 0 amide bonds. The summed E-state index contributed by atoms with van der Waals surface area (Å²) in [6, 6.07) is -0.866. The van der Waals surface area contributed by atoms with Crippen LogP contribution in [0, 0.1) is 0 Å². The molecule has 0 fully saturated rings. The van der Waals surface area contributed by atoms with Gasteiger partial charge in [0, 0.05) is 12.8 Å². The van der Waals surface area contributed by atoms with Crippen LogP contribution >= 0.6 is 0 Å². The van der Waals surface area contributed by atoms with Gasteiger partial charge in [0.2, 0.25) is 0 Å². The van der Waals surface area contributed by atoms with Crippen molar-refractivity contribution in [2.45, 2.75) is 90.0 Å². The fourth-order valence-corrected chi connectivity index (χ4v) is 2.35. The number of nitrogens with two attached hydrogens (primary N) is 1. The monoisotopic (exact) mass is 343 g/mol. The van der Waals surface area contributed by atoms with Crippen molar-refractivity contribution < 1.29 is 23.9 Å². The molecular formula is C18H33NO5. The number of methoxy groups -OCH3 is 1. The van der Waals surface area contributed by atoms with Gasteiger partial charge in [-0.2, -0.15) is 0 Å². The summed E-state index contributed by atoms with van der Waals surface area (Å²) >= 11 is 0. The fraction of sp³-hybridized carbons (Fsp3) is 0.833. The summed E-state index contributed by atoms with van der Waals surface area (Å²) in [5.74, 6) is -1.73. The Morgan fingerprint density at radius 2 is 1.33 bits per heavy atom. The van der Waals surface area contributed by atoms with E-state index in [0.717, 1.165) is 19.3 Å². The van der Waals surface area contributed by atoms with Crippen LogP contribution in [0.1, 0.15) is 84.0 Å². The van der Waals surface area contributed by atoms with Gasteiger partial charge in [-0.15, -0.1) is 0 Å². The van der Waals surface area contributed by atoms with Crippen molar-refractivity contribution in [3.63, 3.8) is 0 Å². The highest BCUT2D eigenvalue weighted by Crippen LogP contribution is 2.11. The minimum absolute atomic E-state index is 0.0697. The van der Waals surface area contributed by atoms with Crippen LogP contribution in [-0.2, 0) is 23.9 Å². The van der Waals surface area contributed by atoms with Gasteiger partial charge in [-0.05, 0) is 12.8 Å². The molecule has 0 radical (unpaired) electrons. The summed E-state index contributed by atoms with van der Waals surface area (Å²) in [5.41, 5.74) is 5.50.